The van der Waals surface area contributed by atoms with Gasteiger partial charge in [0, 0.05) is 36.6 Å². The molecule has 3 nitrogen and oxygen atoms in total. The minimum Gasteiger partial charge on any atom is -0.305 e. The van der Waals surface area contributed by atoms with Crippen molar-refractivity contribution in [2.45, 2.75) is 26.4 Å². The first-order chi connectivity index (χ1) is 9.08. The van der Waals surface area contributed by atoms with E-state index >= 15 is 0 Å². The highest BCUT2D eigenvalue weighted by Crippen LogP contribution is 2.14. The first-order valence-electron chi connectivity index (χ1n) is 6.02. The Bertz CT molecular complexity index is 572. The van der Waals surface area contributed by atoms with Crippen molar-refractivity contribution in [1.29, 1.82) is 0 Å². The molecular formula is C14H15F2N3. The number of aryl methyl sites for hydroxylation is 1. The van der Waals surface area contributed by atoms with Crippen LogP contribution in [-0.4, -0.2) is 9.97 Å². The SMILES string of the molecule is Cc1nccnc1C(C)NCc1ccc(F)cc1F. The van der Waals surface area contributed by atoms with E-state index in [0.717, 1.165) is 17.5 Å². The zero-order valence-electron chi connectivity index (χ0n) is 10.8. The lowest BCUT2D eigenvalue weighted by atomic mass is 10.1. The van der Waals surface area contributed by atoms with Crippen molar-refractivity contribution in [3.63, 3.8) is 0 Å². The summed E-state index contributed by atoms with van der Waals surface area (Å²) < 4.78 is 26.3. The molecule has 2 rings (SSSR count). The molecule has 0 amide bonds. The van der Waals surface area contributed by atoms with E-state index in [0.29, 0.717) is 12.1 Å². The second-order valence-electron chi connectivity index (χ2n) is 4.37. The molecule has 0 bridgehead atoms. The third kappa shape index (κ3) is 3.32. The maximum atomic E-state index is 13.5. The minimum atomic E-state index is -0.570. The average molecular weight is 263 g/mol. The molecule has 0 aliphatic heterocycles. The minimum absolute atomic E-state index is 0.0573. The fourth-order valence-electron chi connectivity index (χ4n) is 1.87. The van der Waals surface area contributed by atoms with Crippen molar-refractivity contribution < 1.29 is 8.78 Å². The number of hydrogen-bond acceptors (Lipinski definition) is 3. The van der Waals surface area contributed by atoms with Gasteiger partial charge in [-0.1, -0.05) is 6.07 Å². The molecule has 2 aromatic rings. The number of nitrogens with zero attached hydrogens (tertiary/aromatic N) is 2. The number of halogens is 2. The lowest BCUT2D eigenvalue weighted by molar-refractivity contribution is 0.524. The lowest BCUT2D eigenvalue weighted by Gasteiger charge is -2.15. The predicted octanol–water partition coefficient (Wildman–Crippen LogP) is 2.91. The van der Waals surface area contributed by atoms with E-state index in [1.54, 1.807) is 12.4 Å². The Morgan fingerprint density at radius 2 is 1.95 bits per heavy atom. The monoisotopic (exact) mass is 263 g/mol. The molecule has 1 atom stereocenters. The average Bonchev–Trinajstić information content (AvgIpc) is 2.38. The molecule has 100 valence electrons. The lowest BCUT2D eigenvalue weighted by Crippen LogP contribution is -2.21. The summed E-state index contributed by atoms with van der Waals surface area (Å²) in [6.07, 6.45) is 3.25. The molecule has 0 spiro atoms. The van der Waals surface area contributed by atoms with Crippen LogP contribution < -0.4 is 5.32 Å². The van der Waals surface area contributed by atoms with Crippen LogP contribution in [0.3, 0.4) is 0 Å². The van der Waals surface area contributed by atoms with E-state index < -0.39 is 11.6 Å². The number of aromatic nitrogens is 2. The van der Waals surface area contributed by atoms with Crippen LogP contribution in [0.5, 0.6) is 0 Å². The number of nitrogens with one attached hydrogen (secondary N) is 1. The molecule has 1 aromatic heterocycles. The second kappa shape index (κ2) is 5.84. The van der Waals surface area contributed by atoms with Crippen molar-refractivity contribution in [3.05, 3.63) is 59.2 Å². The fraction of sp³-hybridized carbons (Fsp3) is 0.286. The van der Waals surface area contributed by atoms with Gasteiger partial charge in [0.2, 0.25) is 0 Å². The summed E-state index contributed by atoms with van der Waals surface area (Å²) in [5.74, 6) is -1.12. The Morgan fingerprint density at radius 3 is 2.63 bits per heavy atom. The smallest absolute Gasteiger partial charge is 0.130 e. The van der Waals surface area contributed by atoms with Crippen LogP contribution in [0.1, 0.15) is 29.9 Å². The third-order valence-electron chi connectivity index (χ3n) is 2.94. The highest BCUT2D eigenvalue weighted by Gasteiger charge is 2.11. The highest BCUT2D eigenvalue weighted by molar-refractivity contribution is 5.19. The largest absolute Gasteiger partial charge is 0.305 e. The Hall–Kier alpha value is -1.88. The van der Waals surface area contributed by atoms with E-state index in [1.807, 2.05) is 13.8 Å². The second-order valence-corrected chi connectivity index (χ2v) is 4.37. The van der Waals surface area contributed by atoms with Gasteiger partial charge in [-0.25, -0.2) is 8.78 Å². The molecule has 0 fully saturated rings. The van der Waals surface area contributed by atoms with Gasteiger partial charge >= 0.3 is 0 Å². The Balaban J connectivity index is 2.04. The van der Waals surface area contributed by atoms with Crippen LogP contribution in [0, 0.1) is 18.6 Å². The topological polar surface area (TPSA) is 37.8 Å². The van der Waals surface area contributed by atoms with Crippen molar-refractivity contribution in [2.24, 2.45) is 0 Å². The summed E-state index contributed by atoms with van der Waals surface area (Å²) in [5.41, 5.74) is 2.09. The van der Waals surface area contributed by atoms with E-state index in [4.69, 9.17) is 0 Å². The standard InChI is InChI=1S/C14H15F2N3/c1-9-14(18-6-5-17-9)10(2)19-8-11-3-4-12(15)7-13(11)16/h3-7,10,19H,8H2,1-2H3. The van der Waals surface area contributed by atoms with Gasteiger partial charge in [0.25, 0.3) is 0 Å². The summed E-state index contributed by atoms with van der Waals surface area (Å²) in [7, 11) is 0. The molecule has 19 heavy (non-hydrogen) atoms. The molecular weight excluding hydrogens is 248 g/mol. The van der Waals surface area contributed by atoms with Crippen LogP contribution in [0.4, 0.5) is 8.78 Å². The number of hydrogen-bond donors (Lipinski definition) is 1. The molecule has 1 N–H and O–H groups in total. The fourth-order valence-corrected chi connectivity index (χ4v) is 1.87. The molecule has 1 unspecified atom stereocenters. The van der Waals surface area contributed by atoms with Crippen molar-refractivity contribution in [1.82, 2.24) is 15.3 Å². The summed E-state index contributed by atoms with van der Waals surface area (Å²) in [5, 5.41) is 3.15. The molecule has 0 aliphatic carbocycles. The highest BCUT2D eigenvalue weighted by atomic mass is 19.1. The maximum absolute atomic E-state index is 13.5. The van der Waals surface area contributed by atoms with E-state index in [-0.39, 0.29) is 6.04 Å². The quantitative estimate of drug-likeness (QED) is 0.921. The van der Waals surface area contributed by atoms with Gasteiger partial charge in [0.15, 0.2) is 0 Å². The van der Waals surface area contributed by atoms with Crippen molar-refractivity contribution in [3.8, 4) is 0 Å². The van der Waals surface area contributed by atoms with E-state index in [1.165, 1.54) is 12.1 Å². The van der Waals surface area contributed by atoms with Crippen molar-refractivity contribution in [2.75, 3.05) is 0 Å². The predicted molar refractivity (Wildman–Crippen MR) is 68.4 cm³/mol. The zero-order chi connectivity index (χ0) is 13.8. The number of benzene rings is 1. The summed E-state index contributed by atoms with van der Waals surface area (Å²) in [6, 6.07) is 3.51. The molecule has 0 radical (unpaired) electrons. The van der Waals surface area contributed by atoms with E-state index in [9.17, 15) is 8.78 Å². The van der Waals surface area contributed by atoms with Gasteiger partial charge in [-0.15, -0.1) is 0 Å². The molecule has 5 heteroatoms. The molecule has 1 aromatic carbocycles. The van der Waals surface area contributed by atoms with Crippen LogP contribution in [-0.2, 0) is 6.54 Å². The summed E-state index contributed by atoms with van der Waals surface area (Å²) in [6.45, 7) is 4.11. The number of rotatable bonds is 4. The van der Waals surface area contributed by atoms with E-state index in [2.05, 4.69) is 15.3 Å². The molecule has 0 saturated heterocycles. The Kier molecular flexibility index (Phi) is 4.16. The third-order valence-corrected chi connectivity index (χ3v) is 2.94. The first-order valence-corrected chi connectivity index (χ1v) is 6.02. The van der Waals surface area contributed by atoms with Gasteiger partial charge < -0.3 is 5.32 Å². The molecule has 0 saturated carbocycles. The summed E-state index contributed by atoms with van der Waals surface area (Å²) in [4.78, 5) is 8.41. The van der Waals surface area contributed by atoms with Gasteiger partial charge in [0.05, 0.1) is 11.4 Å². The normalized spacial score (nSPS) is 12.4. The van der Waals surface area contributed by atoms with Gasteiger partial charge in [-0.2, -0.15) is 0 Å². The first kappa shape index (κ1) is 13.5. The van der Waals surface area contributed by atoms with Gasteiger partial charge in [-0.05, 0) is 19.9 Å². The van der Waals surface area contributed by atoms with Crippen LogP contribution in [0.25, 0.3) is 0 Å². The zero-order valence-corrected chi connectivity index (χ0v) is 10.8. The molecule has 0 aliphatic rings. The van der Waals surface area contributed by atoms with Gasteiger partial charge in [0.1, 0.15) is 11.6 Å². The van der Waals surface area contributed by atoms with Crippen LogP contribution >= 0.6 is 0 Å². The summed E-state index contributed by atoms with van der Waals surface area (Å²) >= 11 is 0. The Labute approximate surface area is 110 Å². The van der Waals surface area contributed by atoms with Crippen molar-refractivity contribution >= 4 is 0 Å². The van der Waals surface area contributed by atoms with Crippen LogP contribution in [0.2, 0.25) is 0 Å². The van der Waals surface area contributed by atoms with Gasteiger partial charge in [-0.3, -0.25) is 9.97 Å². The van der Waals surface area contributed by atoms with Crippen LogP contribution in [0.15, 0.2) is 30.6 Å². The maximum Gasteiger partial charge on any atom is 0.130 e. The molecule has 1 heterocycles. The Morgan fingerprint density at radius 1 is 1.21 bits per heavy atom.